The van der Waals surface area contributed by atoms with E-state index in [1.165, 1.54) is 6.42 Å². The molecule has 1 aliphatic heterocycles. The van der Waals surface area contributed by atoms with Gasteiger partial charge in [0.2, 0.25) is 0 Å². The van der Waals surface area contributed by atoms with Crippen molar-refractivity contribution in [3.63, 3.8) is 0 Å². The van der Waals surface area contributed by atoms with Crippen LogP contribution in [0.4, 0.5) is 0 Å². The molecule has 0 aromatic rings. The minimum Gasteiger partial charge on any atom is -0.371 e. The molecule has 1 nitrogen and oxygen atoms in total. The van der Waals surface area contributed by atoms with E-state index in [9.17, 15) is 0 Å². The van der Waals surface area contributed by atoms with Crippen LogP contribution in [0.2, 0.25) is 0 Å². The first-order valence-corrected chi connectivity index (χ1v) is 5.58. The Balaban J connectivity index is 2.58. The van der Waals surface area contributed by atoms with E-state index < -0.39 is 0 Å². The molecule has 78 valence electrons. The van der Waals surface area contributed by atoms with E-state index >= 15 is 0 Å². The highest BCUT2D eigenvalue weighted by Crippen LogP contribution is 2.46. The van der Waals surface area contributed by atoms with Gasteiger partial charge in [0.1, 0.15) is 0 Å². The fraction of sp³-hybridized carbons (Fsp3) is 1.00. The highest BCUT2D eigenvalue weighted by atomic mass is 16.5. The molecule has 1 saturated heterocycles. The van der Waals surface area contributed by atoms with E-state index in [0.717, 1.165) is 0 Å². The van der Waals surface area contributed by atoms with E-state index in [0.29, 0.717) is 23.9 Å². The SMILES string of the molecule is CC(C)C1CC(C(C)C)(C(C)C)O1. The van der Waals surface area contributed by atoms with Crippen molar-refractivity contribution in [2.45, 2.75) is 59.7 Å². The predicted octanol–water partition coefficient (Wildman–Crippen LogP) is 3.48. The Morgan fingerprint density at radius 3 is 1.62 bits per heavy atom. The third-order valence-electron chi connectivity index (χ3n) is 3.59. The second kappa shape index (κ2) is 3.61. The van der Waals surface area contributed by atoms with Crippen LogP contribution in [0.25, 0.3) is 0 Å². The molecule has 0 aliphatic carbocycles. The molecule has 0 bridgehead atoms. The van der Waals surface area contributed by atoms with Crippen LogP contribution in [0.3, 0.4) is 0 Å². The highest BCUT2D eigenvalue weighted by Gasteiger charge is 2.50. The van der Waals surface area contributed by atoms with Gasteiger partial charge in [-0.05, 0) is 17.8 Å². The monoisotopic (exact) mass is 184 g/mol. The summed E-state index contributed by atoms with van der Waals surface area (Å²) in [6, 6.07) is 0. The Morgan fingerprint density at radius 2 is 1.38 bits per heavy atom. The van der Waals surface area contributed by atoms with Crippen molar-refractivity contribution in [2.75, 3.05) is 0 Å². The van der Waals surface area contributed by atoms with Crippen LogP contribution in [-0.4, -0.2) is 11.7 Å². The summed E-state index contributed by atoms with van der Waals surface area (Å²) in [4.78, 5) is 0. The van der Waals surface area contributed by atoms with Gasteiger partial charge >= 0.3 is 0 Å². The molecule has 0 spiro atoms. The van der Waals surface area contributed by atoms with Crippen LogP contribution in [0.15, 0.2) is 0 Å². The maximum absolute atomic E-state index is 6.11. The first-order valence-electron chi connectivity index (χ1n) is 5.58. The van der Waals surface area contributed by atoms with Crippen molar-refractivity contribution < 1.29 is 4.74 Å². The maximum Gasteiger partial charge on any atom is 0.0756 e. The quantitative estimate of drug-likeness (QED) is 0.652. The Labute approximate surface area is 82.9 Å². The molecule has 0 aromatic carbocycles. The number of rotatable bonds is 3. The van der Waals surface area contributed by atoms with Gasteiger partial charge in [0.05, 0.1) is 11.7 Å². The van der Waals surface area contributed by atoms with Crippen molar-refractivity contribution in [3.8, 4) is 0 Å². The lowest BCUT2D eigenvalue weighted by atomic mass is 9.70. The van der Waals surface area contributed by atoms with Gasteiger partial charge in [-0.3, -0.25) is 0 Å². The van der Waals surface area contributed by atoms with Crippen molar-refractivity contribution in [1.82, 2.24) is 0 Å². The normalized spacial score (nSPS) is 27.0. The molecule has 13 heavy (non-hydrogen) atoms. The predicted molar refractivity (Wildman–Crippen MR) is 56.7 cm³/mol. The molecule has 1 aliphatic rings. The number of ether oxygens (including phenoxy) is 1. The lowest BCUT2D eigenvalue weighted by Gasteiger charge is -2.55. The third-order valence-corrected chi connectivity index (χ3v) is 3.59. The molecule has 1 heteroatoms. The van der Waals surface area contributed by atoms with Crippen molar-refractivity contribution >= 4 is 0 Å². The average Bonchev–Trinajstić information content (AvgIpc) is 1.80. The van der Waals surface area contributed by atoms with Gasteiger partial charge in [0, 0.05) is 6.42 Å². The molecule has 0 N–H and O–H groups in total. The van der Waals surface area contributed by atoms with Crippen molar-refractivity contribution in [2.24, 2.45) is 17.8 Å². The topological polar surface area (TPSA) is 9.23 Å². The Hall–Kier alpha value is -0.0400. The highest BCUT2D eigenvalue weighted by molar-refractivity contribution is 4.98. The molecule has 1 unspecified atom stereocenters. The molecule has 1 atom stereocenters. The number of hydrogen-bond donors (Lipinski definition) is 0. The summed E-state index contributed by atoms with van der Waals surface area (Å²) in [5.41, 5.74) is 0.176. The van der Waals surface area contributed by atoms with Gasteiger partial charge in [-0.1, -0.05) is 41.5 Å². The first-order chi connectivity index (χ1) is 5.90. The molecule has 0 radical (unpaired) electrons. The summed E-state index contributed by atoms with van der Waals surface area (Å²) in [6.45, 7) is 13.6. The molecular formula is C12H24O. The lowest BCUT2D eigenvalue weighted by Crippen LogP contribution is -2.59. The average molecular weight is 184 g/mol. The largest absolute Gasteiger partial charge is 0.371 e. The molecule has 0 aromatic heterocycles. The third kappa shape index (κ3) is 1.76. The Kier molecular flexibility index (Phi) is 3.06. The zero-order valence-electron chi connectivity index (χ0n) is 9.92. The minimum atomic E-state index is 0.176. The second-order valence-electron chi connectivity index (χ2n) is 5.37. The molecule has 1 heterocycles. The summed E-state index contributed by atoms with van der Waals surface area (Å²) >= 11 is 0. The zero-order valence-corrected chi connectivity index (χ0v) is 9.92. The Bertz CT molecular complexity index is 154. The smallest absolute Gasteiger partial charge is 0.0756 e. The van der Waals surface area contributed by atoms with Crippen molar-refractivity contribution in [1.29, 1.82) is 0 Å². The Morgan fingerprint density at radius 1 is 1.00 bits per heavy atom. The fourth-order valence-electron chi connectivity index (χ4n) is 2.37. The van der Waals surface area contributed by atoms with Crippen LogP contribution < -0.4 is 0 Å². The van der Waals surface area contributed by atoms with Crippen LogP contribution in [0.1, 0.15) is 48.0 Å². The maximum atomic E-state index is 6.11. The molecule has 0 amide bonds. The molecule has 1 rings (SSSR count). The summed E-state index contributed by atoms with van der Waals surface area (Å²) in [5.74, 6) is 1.95. The van der Waals surface area contributed by atoms with Gasteiger partial charge in [-0.2, -0.15) is 0 Å². The summed E-state index contributed by atoms with van der Waals surface area (Å²) in [5, 5.41) is 0. The summed E-state index contributed by atoms with van der Waals surface area (Å²) in [6.07, 6.45) is 1.75. The fourth-order valence-corrected chi connectivity index (χ4v) is 2.37. The first kappa shape index (κ1) is 11.0. The van der Waals surface area contributed by atoms with Crippen LogP contribution in [0, 0.1) is 17.8 Å². The van der Waals surface area contributed by atoms with E-state index in [-0.39, 0.29) is 5.60 Å². The van der Waals surface area contributed by atoms with Gasteiger partial charge in [-0.15, -0.1) is 0 Å². The summed E-state index contributed by atoms with van der Waals surface area (Å²) in [7, 11) is 0. The van der Waals surface area contributed by atoms with Gasteiger partial charge in [0.25, 0.3) is 0 Å². The lowest BCUT2D eigenvalue weighted by molar-refractivity contribution is -0.262. The van der Waals surface area contributed by atoms with Gasteiger partial charge in [0.15, 0.2) is 0 Å². The summed E-state index contributed by atoms with van der Waals surface area (Å²) < 4.78 is 6.11. The second-order valence-corrected chi connectivity index (χ2v) is 5.37. The van der Waals surface area contributed by atoms with E-state index in [1.807, 2.05) is 0 Å². The van der Waals surface area contributed by atoms with Crippen LogP contribution in [-0.2, 0) is 4.74 Å². The van der Waals surface area contributed by atoms with Crippen molar-refractivity contribution in [3.05, 3.63) is 0 Å². The van der Waals surface area contributed by atoms with Gasteiger partial charge < -0.3 is 4.74 Å². The van der Waals surface area contributed by atoms with Gasteiger partial charge in [-0.25, -0.2) is 0 Å². The minimum absolute atomic E-state index is 0.176. The van der Waals surface area contributed by atoms with E-state index in [2.05, 4.69) is 41.5 Å². The molecule has 1 fully saturated rings. The van der Waals surface area contributed by atoms with E-state index in [4.69, 9.17) is 4.74 Å². The molecule has 0 saturated carbocycles. The van der Waals surface area contributed by atoms with Crippen LogP contribution >= 0.6 is 0 Å². The molecular weight excluding hydrogens is 160 g/mol. The zero-order chi connectivity index (χ0) is 10.2. The standard InChI is InChI=1S/C12H24O/c1-8(2)11-7-12(13-11,9(3)4)10(5)6/h8-11H,7H2,1-6H3. The van der Waals surface area contributed by atoms with E-state index in [1.54, 1.807) is 0 Å². The number of hydrogen-bond acceptors (Lipinski definition) is 1. The van der Waals surface area contributed by atoms with Crippen LogP contribution in [0.5, 0.6) is 0 Å².